The van der Waals surface area contributed by atoms with Crippen molar-refractivity contribution < 1.29 is 14.6 Å². The highest BCUT2D eigenvalue weighted by atomic mass is 16.5. The number of ether oxygens (including phenoxy) is 1. The second kappa shape index (κ2) is 7.04. The lowest BCUT2D eigenvalue weighted by atomic mass is 10.1. The summed E-state index contributed by atoms with van der Waals surface area (Å²) in [6.07, 6.45) is 0.239. The van der Waals surface area contributed by atoms with Gasteiger partial charge >= 0.3 is 0 Å². The minimum absolute atomic E-state index is 0.0797. The van der Waals surface area contributed by atoms with Gasteiger partial charge in [0.25, 0.3) is 5.91 Å². The number of amides is 1. The number of aromatic nitrogens is 2. The van der Waals surface area contributed by atoms with E-state index >= 15 is 0 Å². The maximum Gasteiger partial charge on any atom is 0.272 e. The van der Waals surface area contributed by atoms with Crippen LogP contribution in [0.4, 0.5) is 0 Å². The van der Waals surface area contributed by atoms with Crippen LogP contribution >= 0.6 is 0 Å². The molecule has 6 heteroatoms. The number of aliphatic hydroxyl groups excluding tert-OH is 1. The Morgan fingerprint density at radius 3 is 3.00 bits per heavy atom. The van der Waals surface area contributed by atoms with Gasteiger partial charge in [-0.3, -0.25) is 9.48 Å². The molecule has 1 fully saturated rings. The van der Waals surface area contributed by atoms with Crippen LogP contribution in [0.25, 0.3) is 0 Å². The van der Waals surface area contributed by atoms with Gasteiger partial charge in [-0.25, -0.2) is 0 Å². The summed E-state index contributed by atoms with van der Waals surface area (Å²) >= 11 is 0. The number of carbonyl (C=O) groups excluding carboxylic acids is 1. The van der Waals surface area contributed by atoms with Crippen molar-refractivity contribution in [2.24, 2.45) is 5.92 Å². The Balaban J connectivity index is 2.18. The molecule has 1 amide bonds. The van der Waals surface area contributed by atoms with Crippen LogP contribution in [0.5, 0.6) is 0 Å². The molecule has 0 radical (unpaired) electrons. The zero-order valence-corrected chi connectivity index (χ0v) is 13.1. The average Bonchev–Trinajstić information content (AvgIpc) is 2.70. The number of hydrogen-bond acceptors (Lipinski definition) is 4. The van der Waals surface area contributed by atoms with Gasteiger partial charge in [-0.2, -0.15) is 5.10 Å². The van der Waals surface area contributed by atoms with Gasteiger partial charge in [0, 0.05) is 19.6 Å². The molecule has 1 saturated heterocycles. The van der Waals surface area contributed by atoms with Crippen molar-refractivity contribution in [1.29, 1.82) is 0 Å². The van der Waals surface area contributed by atoms with Crippen LogP contribution in [0.15, 0.2) is 6.07 Å². The molecule has 118 valence electrons. The molecule has 1 N–H and O–H groups in total. The molecule has 2 rings (SSSR count). The number of nitrogens with zero attached hydrogens (tertiary/aromatic N) is 3. The van der Waals surface area contributed by atoms with E-state index in [1.54, 1.807) is 9.58 Å². The molecule has 2 heterocycles. The van der Waals surface area contributed by atoms with E-state index in [-0.39, 0.29) is 12.5 Å². The minimum atomic E-state index is -0.621. The number of β-amino-alcohol motifs (C(OH)–C–C–N with tert-alkyl or cyclic N) is 1. The lowest BCUT2D eigenvalue weighted by Gasteiger charge is -2.21. The summed E-state index contributed by atoms with van der Waals surface area (Å²) < 4.78 is 7.02. The lowest BCUT2D eigenvalue weighted by molar-refractivity contribution is 0.0531. The number of carbonyl (C=O) groups is 1. The van der Waals surface area contributed by atoms with Gasteiger partial charge in [0.1, 0.15) is 5.69 Å². The standard InChI is InChI=1S/C15H25N3O3/c1-4-18-14(8-12(16-18)7-11(2)3)15(20)17-5-6-21-10-13(19)9-17/h8,11,13,19H,4-7,9-10H2,1-3H3. The summed E-state index contributed by atoms with van der Waals surface area (Å²) in [5.41, 5.74) is 1.55. The van der Waals surface area contributed by atoms with Gasteiger partial charge in [-0.1, -0.05) is 13.8 Å². The average molecular weight is 295 g/mol. The second-order valence-electron chi connectivity index (χ2n) is 5.91. The van der Waals surface area contributed by atoms with Crippen LogP contribution in [0.1, 0.15) is 37.0 Å². The molecule has 1 aliphatic heterocycles. The normalized spacial score (nSPS) is 19.9. The Morgan fingerprint density at radius 1 is 1.57 bits per heavy atom. The van der Waals surface area contributed by atoms with Crippen molar-refractivity contribution in [2.75, 3.05) is 26.3 Å². The maximum absolute atomic E-state index is 12.7. The van der Waals surface area contributed by atoms with Crippen LogP contribution in [-0.2, 0) is 17.7 Å². The molecule has 6 nitrogen and oxygen atoms in total. The monoisotopic (exact) mass is 295 g/mol. The van der Waals surface area contributed by atoms with Gasteiger partial charge in [-0.05, 0) is 25.3 Å². The van der Waals surface area contributed by atoms with Crippen LogP contribution in [0.2, 0.25) is 0 Å². The number of hydrogen-bond donors (Lipinski definition) is 1. The van der Waals surface area contributed by atoms with Crippen molar-refractivity contribution in [3.63, 3.8) is 0 Å². The molecular formula is C15H25N3O3. The summed E-state index contributed by atoms with van der Waals surface area (Å²) in [5, 5.41) is 14.3. The fourth-order valence-corrected chi connectivity index (χ4v) is 2.54. The summed E-state index contributed by atoms with van der Waals surface area (Å²) in [7, 11) is 0. The topological polar surface area (TPSA) is 67.6 Å². The van der Waals surface area contributed by atoms with Crippen molar-refractivity contribution in [3.8, 4) is 0 Å². The minimum Gasteiger partial charge on any atom is -0.389 e. The summed E-state index contributed by atoms with van der Waals surface area (Å²) in [5.74, 6) is 0.422. The van der Waals surface area contributed by atoms with Crippen LogP contribution in [0.3, 0.4) is 0 Å². The molecule has 0 aromatic carbocycles. The Kier molecular flexibility index (Phi) is 5.36. The van der Waals surface area contributed by atoms with Crippen molar-refractivity contribution >= 4 is 5.91 Å². The van der Waals surface area contributed by atoms with Crippen molar-refractivity contribution in [3.05, 3.63) is 17.5 Å². The highest BCUT2D eigenvalue weighted by Gasteiger charge is 2.25. The van der Waals surface area contributed by atoms with Gasteiger partial charge in [0.05, 0.1) is 25.0 Å². The predicted octanol–water partition coefficient (Wildman–Crippen LogP) is 0.935. The second-order valence-corrected chi connectivity index (χ2v) is 5.91. The largest absolute Gasteiger partial charge is 0.389 e. The molecule has 0 bridgehead atoms. The third-order valence-corrected chi connectivity index (χ3v) is 3.50. The Morgan fingerprint density at radius 2 is 2.33 bits per heavy atom. The fourth-order valence-electron chi connectivity index (χ4n) is 2.54. The molecule has 1 aromatic rings. The van der Waals surface area contributed by atoms with Crippen molar-refractivity contribution in [2.45, 2.75) is 39.8 Å². The fraction of sp³-hybridized carbons (Fsp3) is 0.733. The highest BCUT2D eigenvalue weighted by molar-refractivity contribution is 5.92. The number of rotatable bonds is 4. The first-order valence-electron chi connectivity index (χ1n) is 7.63. The molecular weight excluding hydrogens is 270 g/mol. The van der Waals surface area contributed by atoms with E-state index < -0.39 is 6.10 Å². The lowest BCUT2D eigenvalue weighted by Crippen LogP contribution is -2.38. The molecule has 0 aliphatic carbocycles. The number of aliphatic hydroxyl groups is 1. The number of aryl methyl sites for hydroxylation is 1. The molecule has 1 atom stereocenters. The van der Waals surface area contributed by atoms with Crippen LogP contribution < -0.4 is 0 Å². The van der Waals surface area contributed by atoms with E-state index in [1.807, 2.05) is 13.0 Å². The Bertz CT molecular complexity index is 485. The molecule has 1 unspecified atom stereocenters. The van der Waals surface area contributed by atoms with Gasteiger partial charge < -0.3 is 14.7 Å². The highest BCUT2D eigenvalue weighted by Crippen LogP contribution is 2.13. The van der Waals surface area contributed by atoms with Crippen LogP contribution in [0, 0.1) is 5.92 Å². The maximum atomic E-state index is 12.7. The zero-order valence-electron chi connectivity index (χ0n) is 13.1. The molecule has 0 spiro atoms. The Labute approximate surface area is 125 Å². The SMILES string of the molecule is CCn1nc(CC(C)C)cc1C(=O)N1CCOCC(O)C1. The van der Waals surface area contributed by atoms with E-state index in [0.29, 0.717) is 37.9 Å². The van der Waals surface area contributed by atoms with E-state index in [2.05, 4.69) is 18.9 Å². The molecule has 1 aromatic heterocycles. The van der Waals surface area contributed by atoms with E-state index in [4.69, 9.17) is 4.74 Å². The van der Waals surface area contributed by atoms with E-state index in [1.165, 1.54) is 0 Å². The first kappa shape index (κ1) is 16.0. The zero-order chi connectivity index (χ0) is 15.4. The van der Waals surface area contributed by atoms with Gasteiger partial charge in [0.15, 0.2) is 0 Å². The van der Waals surface area contributed by atoms with Gasteiger partial charge in [-0.15, -0.1) is 0 Å². The van der Waals surface area contributed by atoms with Crippen molar-refractivity contribution in [1.82, 2.24) is 14.7 Å². The smallest absolute Gasteiger partial charge is 0.272 e. The first-order chi connectivity index (χ1) is 10.0. The predicted molar refractivity (Wildman–Crippen MR) is 79.2 cm³/mol. The summed E-state index contributed by atoms with van der Waals surface area (Å²) in [4.78, 5) is 14.3. The quantitative estimate of drug-likeness (QED) is 0.897. The first-order valence-corrected chi connectivity index (χ1v) is 7.63. The van der Waals surface area contributed by atoms with E-state index in [0.717, 1.165) is 12.1 Å². The van der Waals surface area contributed by atoms with Crippen LogP contribution in [-0.4, -0.2) is 58.1 Å². The summed E-state index contributed by atoms with van der Waals surface area (Å²) in [6.45, 7) is 8.47. The third-order valence-electron chi connectivity index (χ3n) is 3.50. The molecule has 21 heavy (non-hydrogen) atoms. The third kappa shape index (κ3) is 4.04. The van der Waals surface area contributed by atoms with Gasteiger partial charge in [0.2, 0.25) is 0 Å². The molecule has 0 saturated carbocycles. The van der Waals surface area contributed by atoms with E-state index in [9.17, 15) is 9.90 Å². The molecule has 1 aliphatic rings. The Hall–Kier alpha value is -1.40. The summed E-state index contributed by atoms with van der Waals surface area (Å²) in [6, 6.07) is 1.88.